The molecule has 1 saturated heterocycles. The highest BCUT2D eigenvalue weighted by Crippen LogP contribution is 2.16. The van der Waals surface area contributed by atoms with Crippen LogP contribution in [0.15, 0.2) is 42.6 Å². The zero-order valence-electron chi connectivity index (χ0n) is 12.3. The Kier molecular flexibility index (Phi) is 4.10. The molecule has 120 valence electrons. The first kappa shape index (κ1) is 15.2. The smallest absolute Gasteiger partial charge is 0.316 e. The number of hydrogen-bond acceptors (Lipinski definition) is 3. The van der Waals surface area contributed by atoms with Crippen LogP contribution in [-0.4, -0.2) is 42.2 Å². The van der Waals surface area contributed by atoms with E-state index in [0.717, 1.165) is 16.9 Å². The van der Waals surface area contributed by atoms with E-state index in [1.165, 1.54) is 11.1 Å². The summed E-state index contributed by atoms with van der Waals surface area (Å²) in [5.74, 6) is -1.38. The van der Waals surface area contributed by atoms with Crippen molar-refractivity contribution in [3.8, 4) is 0 Å². The average Bonchev–Trinajstić information content (AvgIpc) is 2.55. The standard InChI is InChI=1S/C16H16F2N3O2/c17-12-4-5-13(14(18)11-12)16(22)20-9-7-19(8-10-20)15-3-1-2-6-21(15)23/h1-6,11,23H,7-10H2/q+1. The fourth-order valence-corrected chi connectivity index (χ4v) is 2.65. The summed E-state index contributed by atoms with van der Waals surface area (Å²) in [5.41, 5.74) is -0.128. The third kappa shape index (κ3) is 3.08. The summed E-state index contributed by atoms with van der Waals surface area (Å²) in [6, 6.07) is 8.25. The molecular formula is C16H16F2N3O2+. The van der Waals surface area contributed by atoms with Crippen molar-refractivity contribution in [2.45, 2.75) is 0 Å². The number of amides is 1. The van der Waals surface area contributed by atoms with E-state index in [1.54, 1.807) is 12.1 Å². The summed E-state index contributed by atoms with van der Waals surface area (Å²) in [4.78, 5) is 15.8. The Morgan fingerprint density at radius 3 is 2.48 bits per heavy atom. The van der Waals surface area contributed by atoms with Gasteiger partial charge in [-0.15, -0.1) is 0 Å². The second kappa shape index (κ2) is 6.20. The zero-order chi connectivity index (χ0) is 16.4. The van der Waals surface area contributed by atoms with Crippen molar-refractivity contribution in [3.05, 3.63) is 59.8 Å². The minimum atomic E-state index is -0.853. The number of hydrogen-bond donors (Lipinski definition) is 1. The summed E-state index contributed by atoms with van der Waals surface area (Å²) in [6.07, 6.45) is 1.53. The molecule has 1 N–H and O–H groups in total. The quantitative estimate of drug-likeness (QED) is 0.673. The Labute approximate surface area is 131 Å². The molecule has 0 saturated carbocycles. The van der Waals surface area contributed by atoms with Crippen molar-refractivity contribution >= 4 is 11.7 Å². The number of anilines is 1. The Bertz CT molecular complexity index is 731. The predicted octanol–water partition coefficient (Wildman–Crippen LogP) is 1.45. The largest absolute Gasteiger partial charge is 0.350 e. The van der Waals surface area contributed by atoms with E-state index in [-0.39, 0.29) is 5.56 Å². The van der Waals surface area contributed by atoms with Gasteiger partial charge in [0.15, 0.2) is 0 Å². The summed E-state index contributed by atoms with van der Waals surface area (Å²) in [7, 11) is 0. The Hall–Kier alpha value is -2.70. The molecule has 2 heterocycles. The normalized spacial score (nSPS) is 14.9. The third-order valence-electron chi connectivity index (χ3n) is 3.87. The number of benzene rings is 1. The van der Waals surface area contributed by atoms with E-state index >= 15 is 0 Å². The lowest BCUT2D eigenvalue weighted by atomic mass is 10.1. The number of piperazine rings is 1. The second-order valence-corrected chi connectivity index (χ2v) is 5.31. The van der Waals surface area contributed by atoms with Crippen LogP contribution >= 0.6 is 0 Å². The lowest BCUT2D eigenvalue weighted by Crippen LogP contribution is -2.52. The van der Waals surface area contributed by atoms with Crippen LogP contribution in [0.25, 0.3) is 0 Å². The van der Waals surface area contributed by atoms with Gasteiger partial charge in [0.2, 0.25) is 0 Å². The molecule has 1 aliphatic heterocycles. The van der Waals surface area contributed by atoms with Gasteiger partial charge < -0.3 is 10.1 Å². The Balaban J connectivity index is 1.69. The molecule has 1 aromatic carbocycles. The molecule has 0 radical (unpaired) electrons. The first-order valence-electron chi connectivity index (χ1n) is 7.25. The SMILES string of the molecule is O=C(c1ccc(F)cc1F)N1CCN(c2cccc[n+]2O)CC1. The highest BCUT2D eigenvalue weighted by atomic mass is 19.1. The van der Waals surface area contributed by atoms with Crippen molar-refractivity contribution in [3.63, 3.8) is 0 Å². The Morgan fingerprint density at radius 1 is 1.09 bits per heavy atom. The van der Waals surface area contributed by atoms with E-state index in [1.807, 2.05) is 11.0 Å². The van der Waals surface area contributed by atoms with Crippen LogP contribution in [0, 0.1) is 11.6 Å². The highest BCUT2D eigenvalue weighted by Gasteiger charge is 2.29. The van der Waals surface area contributed by atoms with Crippen LogP contribution in [0.3, 0.4) is 0 Å². The zero-order valence-corrected chi connectivity index (χ0v) is 12.3. The van der Waals surface area contributed by atoms with Crippen molar-refractivity contribution in [1.29, 1.82) is 0 Å². The molecule has 3 rings (SSSR count). The van der Waals surface area contributed by atoms with E-state index < -0.39 is 17.5 Å². The third-order valence-corrected chi connectivity index (χ3v) is 3.87. The number of carbonyl (C=O) groups is 1. The van der Waals surface area contributed by atoms with Crippen molar-refractivity contribution in [2.75, 3.05) is 31.1 Å². The summed E-state index contributed by atoms with van der Waals surface area (Å²) in [5, 5.41) is 9.79. The maximum atomic E-state index is 13.7. The monoisotopic (exact) mass is 320 g/mol. The maximum Gasteiger partial charge on any atom is 0.316 e. The van der Waals surface area contributed by atoms with E-state index in [0.29, 0.717) is 38.1 Å². The number of pyridine rings is 1. The van der Waals surface area contributed by atoms with Gasteiger partial charge in [-0.1, -0.05) is 10.8 Å². The summed E-state index contributed by atoms with van der Waals surface area (Å²) < 4.78 is 27.7. The lowest BCUT2D eigenvalue weighted by molar-refractivity contribution is -0.894. The van der Waals surface area contributed by atoms with Crippen molar-refractivity contribution < 1.29 is 23.5 Å². The van der Waals surface area contributed by atoms with Crippen LogP contribution in [0.5, 0.6) is 0 Å². The molecule has 2 aromatic rings. The number of carbonyl (C=O) groups excluding carboxylic acids is 1. The molecule has 0 spiro atoms. The molecule has 7 heteroatoms. The molecule has 0 atom stereocenters. The minimum Gasteiger partial charge on any atom is -0.350 e. The van der Waals surface area contributed by atoms with Crippen LogP contribution in [0.1, 0.15) is 10.4 Å². The predicted molar refractivity (Wildman–Crippen MR) is 78.3 cm³/mol. The lowest BCUT2D eigenvalue weighted by Gasteiger charge is -2.31. The van der Waals surface area contributed by atoms with Crippen LogP contribution in [-0.2, 0) is 0 Å². The molecular weight excluding hydrogens is 304 g/mol. The van der Waals surface area contributed by atoms with Crippen LogP contribution in [0.2, 0.25) is 0 Å². The average molecular weight is 320 g/mol. The maximum absolute atomic E-state index is 13.7. The number of aromatic nitrogens is 1. The van der Waals surface area contributed by atoms with Gasteiger partial charge in [0, 0.05) is 12.1 Å². The minimum absolute atomic E-state index is 0.128. The number of rotatable bonds is 2. The molecule has 1 aromatic heterocycles. The molecule has 0 aliphatic carbocycles. The summed E-state index contributed by atoms with van der Waals surface area (Å²) in [6.45, 7) is 1.81. The molecule has 1 amide bonds. The first-order chi connectivity index (χ1) is 11.1. The molecule has 5 nitrogen and oxygen atoms in total. The molecule has 1 fully saturated rings. The fourth-order valence-electron chi connectivity index (χ4n) is 2.65. The van der Waals surface area contributed by atoms with Crippen LogP contribution < -0.4 is 9.63 Å². The number of nitrogens with zero attached hydrogens (tertiary/aromatic N) is 3. The van der Waals surface area contributed by atoms with Gasteiger partial charge in [-0.25, -0.2) is 8.78 Å². The molecule has 1 aliphatic rings. The second-order valence-electron chi connectivity index (χ2n) is 5.31. The fraction of sp³-hybridized carbons (Fsp3) is 0.250. The van der Waals surface area contributed by atoms with Gasteiger partial charge in [0.05, 0.1) is 18.7 Å². The van der Waals surface area contributed by atoms with E-state index in [4.69, 9.17) is 0 Å². The van der Waals surface area contributed by atoms with Crippen molar-refractivity contribution in [1.82, 2.24) is 4.90 Å². The van der Waals surface area contributed by atoms with Gasteiger partial charge in [-0.3, -0.25) is 9.69 Å². The van der Waals surface area contributed by atoms with E-state index in [2.05, 4.69) is 0 Å². The van der Waals surface area contributed by atoms with E-state index in [9.17, 15) is 18.8 Å². The topological polar surface area (TPSA) is 47.7 Å². The van der Waals surface area contributed by atoms with Gasteiger partial charge in [-0.2, -0.15) is 0 Å². The summed E-state index contributed by atoms with van der Waals surface area (Å²) >= 11 is 0. The van der Waals surface area contributed by atoms with Crippen LogP contribution in [0.4, 0.5) is 14.6 Å². The molecule has 0 bridgehead atoms. The number of halogens is 2. The molecule has 23 heavy (non-hydrogen) atoms. The molecule has 0 unspecified atom stereocenters. The Morgan fingerprint density at radius 2 is 1.83 bits per heavy atom. The van der Waals surface area contributed by atoms with Gasteiger partial charge in [0.1, 0.15) is 30.9 Å². The first-order valence-corrected chi connectivity index (χ1v) is 7.25. The van der Waals surface area contributed by atoms with Crippen molar-refractivity contribution in [2.24, 2.45) is 0 Å². The van der Waals surface area contributed by atoms with Gasteiger partial charge in [-0.05, 0) is 18.2 Å². The van der Waals surface area contributed by atoms with Gasteiger partial charge in [0.25, 0.3) is 5.91 Å². The highest BCUT2D eigenvalue weighted by molar-refractivity contribution is 5.94. The van der Waals surface area contributed by atoms with Gasteiger partial charge >= 0.3 is 5.82 Å².